The van der Waals surface area contributed by atoms with Crippen LogP contribution in [0.3, 0.4) is 0 Å². The molecule has 0 radical (unpaired) electrons. The first-order valence-corrected chi connectivity index (χ1v) is 6.64. The maximum absolute atomic E-state index is 12.0. The molecule has 1 aromatic rings. The average molecular weight is 248 g/mol. The van der Waals surface area contributed by atoms with Crippen molar-refractivity contribution < 1.29 is 4.79 Å². The minimum absolute atomic E-state index is 0.195. The third kappa shape index (κ3) is 3.42. The summed E-state index contributed by atoms with van der Waals surface area (Å²) in [4.78, 5) is 19.9. The summed E-state index contributed by atoms with van der Waals surface area (Å²) in [6.45, 7) is 0. The van der Waals surface area contributed by atoms with E-state index < -0.39 is 0 Å². The second-order valence-electron chi connectivity index (χ2n) is 4.81. The van der Waals surface area contributed by atoms with Gasteiger partial charge in [0.2, 0.25) is 0 Å². The van der Waals surface area contributed by atoms with E-state index in [0.717, 1.165) is 12.8 Å². The fraction of sp³-hybridized carbons (Fsp3) is 0.615. The molecule has 1 aliphatic rings. The number of nitrogen functional groups attached to an aromatic ring is 1. The van der Waals surface area contributed by atoms with Gasteiger partial charge in [-0.05, 0) is 12.8 Å². The lowest BCUT2D eigenvalue weighted by Gasteiger charge is -2.20. The van der Waals surface area contributed by atoms with Gasteiger partial charge in [-0.25, -0.2) is 9.97 Å². The van der Waals surface area contributed by atoms with Crippen molar-refractivity contribution in [3.05, 3.63) is 18.1 Å². The van der Waals surface area contributed by atoms with Gasteiger partial charge in [-0.15, -0.1) is 0 Å². The van der Waals surface area contributed by atoms with Gasteiger partial charge in [0.05, 0.1) is 0 Å². The van der Waals surface area contributed by atoms with Crippen LogP contribution in [0.25, 0.3) is 0 Å². The molecule has 2 rings (SSSR count). The van der Waals surface area contributed by atoms with Crippen LogP contribution in [0.5, 0.6) is 0 Å². The fourth-order valence-electron chi connectivity index (χ4n) is 2.38. The third-order valence-corrected chi connectivity index (χ3v) is 3.38. The summed E-state index contributed by atoms with van der Waals surface area (Å²) in [6, 6.07) is 0.249. The molecule has 0 atom stereocenters. The molecule has 0 bridgehead atoms. The highest BCUT2D eigenvalue weighted by Gasteiger charge is 2.17. The van der Waals surface area contributed by atoms with Gasteiger partial charge in [0.25, 0.3) is 5.91 Å². The molecular weight excluding hydrogens is 228 g/mol. The fourth-order valence-corrected chi connectivity index (χ4v) is 2.38. The molecule has 3 N–H and O–H groups in total. The molecule has 1 fully saturated rings. The van der Waals surface area contributed by atoms with Crippen molar-refractivity contribution in [1.29, 1.82) is 0 Å². The molecule has 5 heteroatoms. The Kier molecular flexibility index (Phi) is 4.50. The minimum atomic E-state index is -0.203. The molecule has 18 heavy (non-hydrogen) atoms. The highest BCUT2D eigenvalue weighted by molar-refractivity contribution is 5.96. The molecule has 0 aromatic carbocycles. The zero-order valence-corrected chi connectivity index (χ0v) is 10.6. The van der Waals surface area contributed by atoms with Crippen LogP contribution in [0, 0.1) is 0 Å². The number of hydrogen-bond acceptors (Lipinski definition) is 4. The second kappa shape index (κ2) is 6.33. The van der Waals surface area contributed by atoms with E-state index >= 15 is 0 Å². The van der Waals surface area contributed by atoms with Gasteiger partial charge in [-0.2, -0.15) is 0 Å². The SMILES string of the molecule is Nc1nccnc1C(=O)NC1CCCCCCC1. The first kappa shape index (κ1) is 12.8. The van der Waals surface area contributed by atoms with Gasteiger partial charge in [0, 0.05) is 18.4 Å². The van der Waals surface area contributed by atoms with Crippen LogP contribution in [-0.4, -0.2) is 21.9 Å². The molecule has 1 heterocycles. The molecule has 0 spiro atoms. The number of aromatic nitrogens is 2. The summed E-state index contributed by atoms with van der Waals surface area (Å²) in [7, 11) is 0. The summed E-state index contributed by atoms with van der Waals surface area (Å²) in [6.07, 6.45) is 11.3. The molecule has 1 aliphatic carbocycles. The smallest absolute Gasteiger partial charge is 0.273 e. The Morgan fingerprint density at radius 3 is 2.39 bits per heavy atom. The first-order chi connectivity index (χ1) is 8.77. The predicted octanol–water partition coefficient (Wildman–Crippen LogP) is 1.90. The van der Waals surface area contributed by atoms with E-state index in [-0.39, 0.29) is 23.5 Å². The normalized spacial score (nSPS) is 17.8. The van der Waals surface area contributed by atoms with E-state index in [4.69, 9.17) is 5.73 Å². The standard InChI is InChI=1S/C13H20N4O/c14-12-11(15-8-9-16-12)13(18)17-10-6-4-2-1-3-5-7-10/h8-10H,1-7H2,(H2,14,16)(H,17,18). The lowest BCUT2D eigenvalue weighted by Crippen LogP contribution is -2.36. The highest BCUT2D eigenvalue weighted by atomic mass is 16.2. The number of carbonyl (C=O) groups excluding carboxylic acids is 1. The number of carbonyl (C=O) groups is 1. The van der Waals surface area contributed by atoms with Crippen LogP contribution in [-0.2, 0) is 0 Å². The number of hydrogen-bond donors (Lipinski definition) is 2. The van der Waals surface area contributed by atoms with Crippen molar-refractivity contribution in [2.24, 2.45) is 0 Å². The lowest BCUT2D eigenvalue weighted by molar-refractivity contribution is 0.0926. The van der Waals surface area contributed by atoms with Crippen LogP contribution < -0.4 is 11.1 Å². The monoisotopic (exact) mass is 248 g/mol. The molecule has 1 aromatic heterocycles. The Balaban J connectivity index is 1.95. The zero-order chi connectivity index (χ0) is 12.8. The summed E-state index contributed by atoms with van der Waals surface area (Å²) >= 11 is 0. The number of rotatable bonds is 2. The van der Waals surface area contributed by atoms with Gasteiger partial charge < -0.3 is 11.1 Å². The van der Waals surface area contributed by atoms with E-state index in [2.05, 4.69) is 15.3 Å². The Bertz CT molecular complexity index is 400. The van der Waals surface area contributed by atoms with Crippen molar-refractivity contribution in [1.82, 2.24) is 15.3 Å². The van der Waals surface area contributed by atoms with Crippen LogP contribution >= 0.6 is 0 Å². The molecule has 0 unspecified atom stereocenters. The van der Waals surface area contributed by atoms with E-state index in [1.165, 1.54) is 44.5 Å². The summed E-state index contributed by atoms with van der Waals surface area (Å²) in [5, 5.41) is 3.02. The summed E-state index contributed by atoms with van der Waals surface area (Å²) in [5.41, 5.74) is 5.88. The molecule has 1 saturated carbocycles. The maximum Gasteiger partial charge on any atom is 0.273 e. The van der Waals surface area contributed by atoms with Crippen LogP contribution in [0.1, 0.15) is 55.4 Å². The van der Waals surface area contributed by atoms with E-state index in [0.29, 0.717) is 0 Å². The highest BCUT2D eigenvalue weighted by Crippen LogP contribution is 2.17. The number of amides is 1. The van der Waals surface area contributed by atoms with E-state index in [1.54, 1.807) is 0 Å². The van der Waals surface area contributed by atoms with E-state index in [1.807, 2.05) is 0 Å². The van der Waals surface area contributed by atoms with Gasteiger partial charge in [0.15, 0.2) is 11.5 Å². The van der Waals surface area contributed by atoms with Gasteiger partial charge in [-0.3, -0.25) is 4.79 Å². The molecule has 1 amide bonds. The Labute approximate surface area is 107 Å². The van der Waals surface area contributed by atoms with Crippen LogP contribution in [0.15, 0.2) is 12.4 Å². The Morgan fingerprint density at radius 1 is 1.11 bits per heavy atom. The average Bonchev–Trinajstić information content (AvgIpc) is 2.33. The van der Waals surface area contributed by atoms with Crippen molar-refractivity contribution in [2.75, 3.05) is 5.73 Å². The summed E-state index contributed by atoms with van der Waals surface area (Å²) < 4.78 is 0. The quantitative estimate of drug-likeness (QED) is 0.837. The van der Waals surface area contributed by atoms with Gasteiger partial charge >= 0.3 is 0 Å². The number of anilines is 1. The number of nitrogens with zero attached hydrogens (tertiary/aromatic N) is 2. The Morgan fingerprint density at radius 2 is 1.72 bits per heavy atom. The van der Waals surface area contributed by atoms with Crippen molar-refractivity contribution >= 4 is 11.7 Å². The van der Waals surface area contributed by atoms with Crippen LogP contribution in [0.4, 0.5) is 5.82 Å². The minimum Gasteiger partial charge on any atom is -0.382 e. The number of nitrogens with two attached hydrogens (primary N) is 1. The molecular formula is C13H20N4O. The maximum atomic E-state index is 12.0. The molecule has 0 saturated heterocycles. The predicted molar refractivity (Wildman–Crippen MR) is 70.0 cm³/mol. The topological polar surface area (TPSA) is 80.9 Å². The molecule has 5 nitrogen and oxygen atoms in total. The summed E-state index contributed by atoms with van der Waals surface area (Å²) in [5.74, 6) is -0.00739. The molecule has 98 valence electrons. The van der Waals surface area contributed by atoms with E-state index in [9.17, 15) is 4.79 Å². The van der Waals surface area contributed by atoms with Crippen molar-refractivity contribution in [2.45, 2.75) is 51.0 Å². The second-order valence-corrected chi connectivity index (χ2v) is 4.81. The van der Waals surface area contributed by atoms with Crippen LogP contribution in [0.2, 0.25) is 0 Å². The first-order valence-electron chi connectivity index (χ1n) is 6.64. The number of nitrogens with one attached hydrogen (secondary N) is 1. The van der Waals surface area contributed by atoms with Gasteiger partial charge in [0.1, 0.15) is 0 Å². The van der Waals surface area contributed by atoms with Crippen molar-refractivity contribution in [3.63, 3.8) is 0 Å². The largest absolute Gasteiger partial charge is 0.382 e. The third-order valence-electron chi connectivity index (χ3n) is 3.38. The zero-order valence-electron chi connectivity index (χ0n) is 10.6. The molecule has 0 aliphatic heterocycles. The van der Waals surface area contributed by atoms with Gasteiger partial charge in [-0.1, -0.05) is 32.1 Å². The lowest BCUT2D eigenvalue weighted by atomic mass is 9.96. The van der Waals surface area contributed by atoms with Crippen molar-refractivity contribution in [3.8, 4) is 0 Å². The Hall–Kier alpha value is -1.65.